The van der Waals surface area contributed by atoms with Crippen LogP contribution < -0.4 is 15.2 Å². The van der Waals surface area contributed by atoms with Crippen molar-refractivity contribution in [1.29, 1.82) is 0 Å². The van der Waals surface area contributed by atoms with Crippen LogP contribution in [0, 0.1) is 0 Å². The molecule has 3 nitrogen and oxygen atoms in total. The van der Waals surface area contributed by atoms with Crippen molar-refractivity contribution < 1.29 is 9.47 Å². The molecular formula is C16H18ClNO2. The lowest BCUT2D eigenvalue weighted by Gasteiger charge is -2.15. The molecule has 106 valence electrons. The third-order valence-corrected chi connectivity index (χ3v) is 3.48. The molecule has 4 heteroatoms. The Labute approximate surface area is 124 Å². The zero-order valence-electron chi connectivity index (χ0n) is 11.6. The van der Waals surface area contributed by atoms with Crippen LogP contribution in [0.2, 0.25) is 5.02 Å². The van der Waals surface area contributed by atoms with E-state index in [1.165, 1.54) is 0 Å². The van der Waals surface area contributed by atoms with E-state index in [0.717, 1.165) is 22.6 Å². The summed E-state index contributed by atoms with van der Waals surface area (Å²) in [5, 5.41) is 0.708. The van der Waals surface area contributed by atoms with Crippen LogP contribution in [0.3, 0.4) is 0 Å². The molecule has 2 aromatic rings. The van der Waals surface area contributed by atoms with E-state index in [0.29, 0.717) is 11.4 Å². The van der Waals surface area contributed by atoms with Crippen molar-refractivity contribution in [3.63, 3.8) is 0 Å². The van der Waals surface area contributed by atoms with E-state index in [-0.39, 0.29) is 6.04 Å². The number of nitrogens with two attached hydrogens (primary N) is 1. The van der Waals surface area contributed by atoms with E-state index in [1.54, 1.807) is 14.2 Å². The largest absolute Gasteiger partial charge is 0.497 e. The maximum Gasteiger partial charge on any atom is 0.122 e. The van der Waals surface area contributed by atoms with Gasteiger partial charge in [-0.1, -0.05) is 23.7 Å². The topological polar surface area (TPSA) is 44.5 Å². The van der Waals surface area contributed by atoms with Gasteiger partial charge in [0.05, 0.1) is 14.2 Å². The molecule has 0 aromatic heterocycles. The average molecular weight is 292 g/mol. The highest BCUT2D eigenvalue weighted by Crippen LogP contribution is 2.28. The van der Waals surface area contributed by atoms with Crippen LogP contribution in [0.4, 0.5) is 0 Å². The first kappa shape index (κ1) is 14.7. The van der Waals surface area contributed by atoms with Crippen molar-refractivity contribution in [3.8, 4) is 11.5 Å². The van der Waals surface area contributed by atoms with Gasteiger partial charge in [-0.15, -0.1) is 0 Å². The molecule has 2 aromatic carbocycles. The Hall–Kier alpha value is -1.71. The Balaban J connectivity index is 2.21. The molecule has 0 bridgehead atoms. The number of ether oxygens (including phenoxy) is 2. The van der Waals surface area contributed by atoms with E-state index >= 15 is 0 Å². The monoisotopic (exact) mass is 291 g/mol. The number of methoxy groups -OCH3 is 2. The Morgan fingerprint density at radius 1 is 1.05 bits per heavy atom. The van der Waals surface area contributed by atoms with Gasteiger partial charge in [-0.05, 0) is 47.9 Å². The third-order valence-electron chi connectivity index (χ3n) is 3.23. The van der Waals surface area contributed by atoms with E-state index < -0.39 is 0 Å². The highest BCUT2D eigenvalue weighted by molar-refractivity contribution is 6.30. The lowest BCUT2D eigenvalue weighted by atomic mass is 9.99. The van der Waals surface area contributed by atoms with Crippen LogP contribution in [0.15, 0.2) is 42.5 Å². The molecule has 20 heavy (non-hydrogen) atoms. The van der Waals surface area contributed by atoms with Crippen molar-refractivity contribution in [3.05, 3.63) is 58.6 Å². The Kier molecular flexibility index (Phi) is 4.88. The van der Waals surface area contributed by atoms with Gasteiger partial charge in [-0.2, -0.15) is 0 Å². The Morgan fingerprint density at radius 2 is 1.75 bits per heavy atom. The summed E-state index contributed by atoms with van der Waals surface area (Å²) in [5.41, 5.74) is 8.32. The first-order chi connectivity index (χ1) is 9.63. The zero-order chi connectivity index (χ0) is 14.5. The Bertz CT molecular complexity index is 569. The molecule has 0 spiro atoms. The van der Waals surface area contributed by atoms with E-state index in [1.807, 2.05) is 42.5 Å². The third kappa shape index (κ3) is 3.44. The summed E-state index contributed by atoms with van der Waals surface area (Å²) in [4.78, 5) is 0. The summed E-state index contributed by atoms with van der Waals surface area (Å²) in [6.45, 7) is 0. The lowest BCUT2D eigenvalue weighted by Crippen LogP contribution is -2.13. The van der Waals surface area contributed by atoms with Gasteiger partial charge in [0.15, 0.2) is 0 Å². The van der Waals surface area contributed by atoms with Gasteiger partial charge in [0.1, 0.15) is 11.5 Å². The van der Waals surface area contributed by atoms with Gasteiger partial charge in [0.25, 0.3) is 0 Å². The molecule has 1 unspecified atom stereocenters. The average Bonchev–Trinajstić information content (AvgIpc) is 2.47. The minimum Gasteiger partial charge on any atom is -0.497 e. The molecule has 0 amide bonds. The summed E-state index contributed by atoms with van der Waals surface area (Å²) in [6.07, 6.45) is 0.669. The quantitative estimate of drug-likeness (QED) is 0.915. The van der Waals surface area contributed by atoms with Gasteiger partial charge < -0.3 is 15.2 Å². The summed E-state index contributed by atoms with van der Waals surface area (Å²) in [6, 6.07) is 13.2. The first-order valence-electron chi connectivity index (χ1n) is 6.36. The van der Waals surface area contributed by atoms with Crippen LogP contribution >= 0.6 is 11.6 Å². The number of halogens is 1. The molecule has 0 aliphatic heterocycles. The van der Waals surface area contributed by atoms with Crippen molar-refractivity contribution >= 4 is 11.6 Å². The molecule has 0 saturated heterocycles. The smallest absolute Gasteiger partial charge is 0.122 e. The van der Waals surface area contributed by atoms with Crippen LogP contribution in [0.5, 0.6) is 11.5 Å². The van der Waals surface area contributed by atoms with Crippen molar-refractivity contribution in [2.75, 3.05) is 14.2 Å². The normalized spacial score (nSPS) is 12.0. The number of hydrogen-bond donors (Lipinski definition) is 1. The van der Waals surface area contributed by atoms with Gasteiger partial charge in [0, 0.05) is 11.1 Å². The van der Waals surface area contributed by atoms with E-state index in [2.05, 4.69) is 0 Å². The molecule has 0 heterocycles. The highest BCUT2D eigenvalue weighted by Gasteiger charge is 2.12. The first-order valence-corrected chi connectivity index (χ1v) is 6.73. The maximum absolute atomic E-state index is 6.25. The highest BCUT2D eigenvalue weighted by atomic mass is 35.5. The van der Waals surface area contributed by atoms with Gasteiger partial charge in [-0.3, -0.25) is 0 Å². The number of rotatable bonds is 5. The van der Waals surface area contributed by atoms with Crippen LogP contribution in [0.25, 0.3) is 0 Å². The van der Waals surface area contributed by atoms with Gasteiger partial charge in [-0.25, -0.2) is 0 Å². The van der Waals surface area contributed by atoms with Crippen molar-refractivity contribution in [1.82, 2.24) is 0 Å². The molecule has 0 aliphatic carbocycles. The second kappa shape index (κ2) is 6.64. The van der Waals surface area contributed by atoms with Crippen molar-refractivity contribution in [2.24, 2.45) is 5.73 Å². The second-order valence-electron chi connectivity index (χ2n) is 4.54. The molecule has 0 aliphatic rings. The van der Waals surface area contributed by atoms with Gasteiger partial charge in [0.2, 0.25) is 0 Å². The zero-order valence-corrected chi connectivity index (χ0v) is 12.4. The molecule has 0 fully saturated rings. The Morgan fingerprint density at radius 3 is 2.35 bits per heavy atom. The minimum absolute atomic E-state index is 0.117. The molecule has 0 radical (unpaired) electrons. The fraction of sp³-hybridized carbons (Fsp3) is 0.250. The fourth-order valence-electron chi connectivity index (χ4n) is 2.11. The SMILES string of the molecule is COc1ccc(OC)c(CC(N)c2ccc(Cl)cc2)c1. The van der Waals surface area contributed by atoms with Crippen LogP contribution in [-0.2, 0) is 6.42 Å². The lowest BCUT2D eigenvalue weighted by molar-refractivity contribution is 0.397. The van der Waals surface area contributed by atoms with E-state index in [4.69, 9.17) is 26.8 Å². The number of hydrogen-bond acceptors (Lipinski definition) is 3. The number of benzene rings is 2. The fourth-order valence-corrected chi connectivity index (χ4v) is 2.23. The molecule has 1 atom stereocenters. The summed E-state index contributed by atoms with van der Waals surface area (Å²) >= 11 is 5.89. The molecule has 2 N–H and O–H groups in total. The molecule has 2 rings (SSSR count). The maximum atomic E-state index is 6.25. The summed E-state index contributed by atoms with van der Waals surface area (Å²) in [5.74, 6) is 1.61. The van der Waals surface area contributed by atoms with E-state index in [9.17, 15) is 0 Å². The predicted molar refractivity (Wildman–Crippen MR) is 81.6 cm³/mol. The molecular weight excluding hydrogens is 274 g/mol. The molecule has 0 saturated carbocycles. The minimum atomic E-state index is -0.117. The van der Waals surface area contributed by atoms with Crippen LogP contribution in [0.1, 0.15) is 17.2 Å². The van der Waals surface area contributed by atoms with Crippen LogP contribution in [-0.4, -0.2) is 14.2 Å². The van der Waals surface area contributed by atoms with Crippen molar-refractivity contribution in [2.45, 2.75) is 12.5 Å². The predicted octanol–water partition coefficient (Wildman–Crippen LogP) is 3.60. The summed E-state index contributed by atoms with van der Waals surface area (Å²) < 4.78 is 10.6. The standard InChI is InChI=1S/C16H18ClNO2/c1-19-14-7-8-16(20-2)12(9-14)10-15(18)11-3-5-13(17)6-4-11/h3-9,15H,10,18H2,1-2H3. The van der Waals surface area contributed by atoms with Gasteiger partial charge >= 0.3 is 0 Å². The second-order valence-corrected chi connectivity index (χ2v) is 4.98. The summed E-state index contributed by atoms with van der Waals surface area (Å²) in [7, 11) is 3.30.